The predicted octanol–water partition coefficient (Wildman–Crippen LogP) is 2.40. The highest BCUT2D eigenvalue weighted by Gasteiger charge is 2.03. The summed E-state index contributed by atoms with van der Waals surface area (Å²) >= 11 is 11.1. The normalized spacial score (nSPS) is 9.90. The van der Waals surface area contributed by atoms with Crippen molar-refractivity contribution in [2.75, 3.05) is 0 Å². The molecule has 0 fully saturated rings. The molecule has 4 heteroatoms. The summed E-state index contributed by atoms with van der Waals surface area (Å²) in [6.45, 7) is 1.63. The van der Waals surface area contributed by atoms with Crippen LogP contribution in [0.5, 0.6) is 5.75 Å². The predicted molar refractivity (Wildman–Crippen MR) is 40.7 cm³/mol. The van der Waals surface area contributed by atoms with Crippen LogP contribution < -0.4 is 0 Å². The topological polar surface area (TPSA) is 33.1 Å². The van der Waals surface area contributed by atoms with Crippen LogP contribution in [0.15, 0.2) is 6.07 Å². The Hall–Kier alpha value is -0.470. The van der Waals surface area contributed by atoms with E-state index in [9.17, 15) is 0 Å². The molecule has 10 heavy (non-hydrogen) atoms. The maximum atomic E-state index is 9.08. The van der Waals surface area contributed by atoms with Gasteiger partial charge >= 0.3 is 0 Å². The van der Waals surface area contributed by atoms with E-state index in [4.69, 9.17) is 28.3 Å². The van der Waals surface area contributed by atoms with E-state index < -0.39 is 0 Å². The van der Waals surface area contributed by atoms with Crippen molar-refractivity contribution >= 4 is 23.2 Å². The fraction of sp³-hybridized carbons (Fsp3) is 0.167. The molecule has 0 saturated heterocycles. The summed E-state index contributed by atoms with van der Waals surface area (Å²) in [7, 11) is 0. The lowest BCUT2D eigenvalue weighted by molar-refractivity contribution is 0.468. The molecule has 0 unspecified atom stereocenters. The molecule has 0 spiro atoms. The molecule has 0 aliphatic carbocycles. The van der Waals surface area contributed by atoms with Crippen molar-refractivity contribution in [1.82, 2.24) is 4.98 Å². The third-order valence-corrected chi connectivity index (χ3v) is 1.57. The highest BCUT2D eigenvalue weighted by Crippen LogP contribution is 2.27. The van der Waals surface area contributed by atoms with Crippen LogP contribution in [0.3, 0.4) is 0 Å². The van der Waals surface area contributed by atoms with Gasteiger partial charge in [-0.05, 0) is 13.0 Å². The zero-order valence-corrected chi connectivity index (χ0v) is 6.74. The maximum absolute atomic E-state index is 9.08. The Kier molecular flexibility index (Phi) is 2.02. The Morgan fingerprint density at radius 2 is 2.10 bits per heavy atom. The molecule has 1 aromatic rings. The Morgan fingerprint density at radius 1 is 1.50 bits per heavy atom. The van der Waals surface area contributed by atoms with Gasteiger partial charge in [-0.15, -0.1) is 0 Å². The van der Waals surface area contributed by atoms with E-state index in [1.54, 1.807) is 6.92 Å². The van der Waals surface area contributed by atoms with E-state index >= 15 is 0 Å². The minimum Gasteiger partial charge on any atom is -0.505 e. The maximum Gasteiger partial charge on any atom is 0.155 e. The molecule has 0 atom stereocenters. The summed E-state index contributed by atoms with van der Waals surface area (Å²) in [6, 6.07) is 1.39. The second-order valence-electron chi connectivity index (χ2n) is 1.86. The number of hydrogen-bond acceptors (Lipinski definition) is 2. The number of hydrogen-bond donors (Lipinski definition) is 1. The Balaban J connectivity index is 3.31. The molecule has 1 N–H and O–H groups in total. The smallest absolute Gasteiger partial charge is 0.155 e. The second kappa shape index (κ2) is 2.64. The van der Waals surface area contributed by atoms with Crippen molar-refractivity contribution in [3.8, 4) is 5.75 Å². The highest BCUT2D eigenvalue weighted by molar-refractivity contribution is 6.34. The molecule has 2 nitrogen and oxygen atoms in total. The standard InChI is InChI=1S/C6H5Cl2NO/c1-3-6(10)4(7)2-5(8)9-3/h2,10H,1H3. The van der Waals surface area contributed by atoms with Crippen LogP contribution in [-0.2, 0) is 0 Å². The average Bonchev–Trinajstić information content (AvgIpc) is 1.82. The molecule has 1 rings (SSSR count). The second-order valence-corrected chi connectivity index (χ2v) is 2.66. The van der Waals surface area contributed by atoms with Crippen molar-refractivity contribution in [1.29, 1.82) is 0 Å². The van der Waals surface area contributed by atoms with Crippen LogP contribution in [-0.4, -0.2) is 10.1 Å². The minimum atomic E-state index is -0.00827. The summed E-state index contributed by atoms with van der Waals surface area (Å²) in [5.41, 5.74) is 0.442. The van der Waals surface area contributed by atoms with Crippen LogP contribution in [0.2, 0.25) is 10.2 Å². The molecule has 0 radical (unpaired) electrons. The fourth-order valence-electron chi connectivity index (χ4n) is 0.591. The summed E-state index contributed by atoms with van der Waals surface area (Å²) in [6.07, 6.45) is 0. The lowest BCUT2D eigenvalue weighted by Crippen LogP contribution is -1.82. The fourth-order valence-corrected chi connectivity index (χ4v) is 1.12. The van der Waals surface area contributed by atoms with Gasteiger partial charge in [-0.25, -0.2) is 4.98 Å². The van der Waals surface area contributed by atoms with E-state index in [1.165, 1.54) is 6.07 Å². The van der Waals surface area contributed by atoms with E-state index in [0.717, 1.165) is 0 Å². The summed E-state index contributed by atoms with van der Waals surface area (Å²) in [4.78, 5) is 3.76. The molecule has 54 valence electrons. The number of halogens is 2. The Morgan fingerprint density at radius 3 is 2.60 bits per heavy atom. The molecular weight excluding hydrogens is 173 g/mol. The minimum absolute atomic E-state index is 0.00827. The Bertz CT molecular complexity index is 239. The van der Waals surface area contributed by atoms with Gasteiger partial charge in [0.2, 0.25) is 0 Å². The van der Waals surface area contributed by atoms with Gasteiger partial charge in [0.15, 0.2) is 5.75 Å². The quantitative estimate of drug-likeness (QED) is 0.618. The van der Waals surface area contributed by atoms with Crippen molar-refractivity contribution in [2.24, 2.45) is 0 Å². The molecule has 0 aromatic carbocycles. The van der Waals surface area contributed by atoms with Crippen molar-refractivity contribution in [2.45, 2.75) is 6.92 Å². The molecule has 0 aliphatic rings. The van der Waals surface area contributed by atoms with Gasteiger partial charge in [-0.1, -0.05) is 23.2 Å². The number of rotatable bonds is 0. The SMILES string of the molecule is Cc1nc(Cl)cc(Cl)c1O. The summed E-state index contributed by atoms with van der Waals surface area (Å²) in [5, 5.41) is 9.60. The lowest BCUT2D eigenvalue weighted by Gasteiger charge is -1.99. The number of aryl methyl sites for hydroxylation is 1. The molecule has 1 aromatic heterocycles. The first-order valence-electron chi connectivity index (χ1n) is 2.63. The van der Waals surface area contributed by atoms with E-state index in [2.05, 4.69) is 4.98 Å². The van der Waals surface area contributed by atoms with Crippen LogP contribution in [0, 0.1) is 6.92 Å². The van der Waals surface area contributed by atoms with Gasteiger partial charge < -0.3 is 5.11 Å². The number of pyridine rings is 1. The molecule has 0 amide bonds. The first-order valence-corrected chi connectivity index (χ1v) is 3.38. The highest BCUT2D eigenvalue weighted by atomic mass is 35.5. The van der Waals surface area contributed by atoms with Crippen LogP contribution in [0.25, 0.3) is 0 Å². The van der Waals surface area contributed by atoms with Gasteiger partial charge in [0.25, 0.3) is 0 Å². The number of nitrogens with zero attached hydrogens (tertiary/aromatic N) is 1. The van der Waals surface area contributed by atoms with Gasteiger partial charge in [0.1, 0.15) is 5.15 Å². The molecule has 0 saturated carbocycles. The van der Waals surface area contributed by atoms with Crippen LogP contribution in [0.1, 0.15) is 5.69 Å². The third kappa shape index (κ3) is 1.33. The third-order valence-electron chi connectivity index (χ3n) is 1.09. The van der Waals surface area contributed by atoms with E-state index in [1.807, 2.05) is 0 Å². The lowest BCUT2D eigenvalue weighted by atomic mass is 10.3. The molecule has 0 bridgehead atoms. The van der Waals surface area contributed by atoms with Crippen molar-refractivity contribution in [3.63, 3.8) is 0 Å². The molecule has 1 heterocycles. The van der Waals surface area contributed by atoms with E-state index in [-0.39, 0.29) is 10.8 Å². The van der Waals surface area contributed by atoms with Crippen molar-refractivity contribution < 1.29 is 5.11 Å². The van der Waals surface area contributed by atoms with Crippen LogP contribution in [0.4, 0.5) is 0 Å². The first-order chi connectivity index (χ1) is 4.61. The summed E-state index contributed by atoms with van der Waals surface area (Å²) < 4.78 is 0. The zero-order chi connectivity index (χ0) is 7.72. The number of aromatic nitrogens is 1. The number of aromatic hydroxyl groups is 1. The van der Waals surface area contributed by atoms with Gasteiger partial charge in [0, 0.05) is 0 Å². The van der Waals surface area contributed by atoms with E-state index in [0.29, 0.717) is 10.8 Å². The van der Waals surface area contributed by atoms with Gasteiger partial charge in [-0.3, -0.25) is 0 Å². The zero-order valence-electron chi connectivity index (χ0n) is 5.23. The molecular formula is C6H5Cl2NO. The monoisotopic (exact) mass is 177 g/mol. The van der Waals surface area contributed by atoms with Gasteiger partial charge in [-0.2, -0.15) is 0 Å². The van der Waals surface area contributed by atoms with Crippen molar-refractivity contribution in [3.05, 3.63) is 21.9 Å². The van der Waals surface area contributed by atoms with Gasteiger partial charge in [0.05, 0.1) is 10.7 Å². The average molecular weight is 178 g/mol. The molecule has 0 aliphatic heterocycles. The summed E-state index contributed by atoms with van der Waals surface area (Å²) in [5.74, 6) is -0.00827. The first kappa shape index (κ1) is 7.63. The largest absolute Gasteiger partial charge is 0.505 e. The Labute approximate surface area is 68.4 Å². The van der Waals surface area contributed by atoms with Crippen LogP contribution >= 0.6 is 23.2 Å².